The summed E-state index contributed by atoms with van der Waals surface area (Å²) in [5, 5.41) is 13.5. The summed E-state index contributed by atoms with van der Waals surface area (Å²) in [7, 11) is 0. The van der Waals surface area contributed by atoms with Gasteiger partial charge in [0.1, 0.15) is 0 Å². The fourth-order valence-electron chi connectivity index (χ4n) is 14.0. The topological polar surface area (TPSA) is 40.6 Å². The van der Waals surface area contributed by atoms with Gasteiger partial charge in [-0.05, 0) is 138 Å². The number of rotatable bonds is 7. The lowest BCUT2D eigenvalue weighted by Gasteiger charge is -2.15. The Morgan fingerprint density at radius 2 is 0.609 bits per heavy atom. The monoisotopic (exact) mass is 1140 g/mol. The second kappa shape index (κ2) is 18.8. The molecular formula is C80H47N5S2. The Bertz CT molecular complexity index is 6040. The Hall–Kier alpha value is -11.0. The normalized spacial score (nSPS) is 12.1. The quantitative estimate of drug-likeness (QED) is 0.160. The lowest BCUT2D eigenvalue weighted by Crippen LogP contribution is -2.00. The molecule has 0 atom stereocenters. The summed E-state index contributed by atoms with van der Waals surface area (Å²) in [5.41, 5.74) is 18.5. The molecule has 13 aromatic carbocycles. The van der Waals surface area contributed by atoms with Crippen LogP contribution in [0, 0.1) is 0 Å². The van der Waals surface area contributed by atoms with Gasteiger partial charge in [-0.1, -0.05) is 170 Å². The predicted octanol–water partition coefficient (Wildman–Crippen LogP) is 22.3. The van der Waals surface area contributed by atoms with E-state index in [1.807, 2.05) is 22.7 Å². The molecule has 6 aromatic heterocycles. The van der Waals surface area contributed by atoms with Gasteiger partial charge in [-0.25, -0.2) is 9.97 Å². The summed E-state index contributed by atoms with van der Waals surface area (Å²) in [6.07, 6.45) is 0. The van der Waals surface area contributed by atoms with Crippen LogP contribution in [0.25, 0.3) is 179 Å². The zero-order chi connectivity index (χ0) is 56.8. The van der Waals surface area contributed by atoms with Crippen molar-refractivity contribution in [2.45, 2.75) is 0 Å². The van der Waals surface area contributed by atoms with E-state index >= 15 is 0 Å². The lowest BCUT2D eigenvalue weighted by molar-refractivity contribution is 1.16. The molecule has 19 aromatic rings. The van der Waals surface area contributed by atoms with Crippen molar-refractivity contribution >= 4 is 139 Å². The van der Waals surface area contributed by atoms with Gasteiger partial charge in [-0.3, -0.25) is 0 Å². The summed E-state index contributed by atoms with van der Waals surface area (Å²) in [4.78, 5) is 11.1. The molecule has 0 radical (unpaired) electrons. The maximum Gasteiger partial charge on any atom is 0.160 e. The van der Waals surface area contributed by atoms with Gasteiger partial charge < -0.3 is 13.7 Å². The van der Waals surface area contributed by atoms with Crippen molar-refractivity contribution in [1.29, 1.82) is 0 Å². The average Bonchev–Trinajstić information content (AvgIpc) is 1.92. The standard InChI is InChI=1S/C80H47N5S2/c1-7-22-69-57(16-1)58-17-2-8-23-70(58)83(69)54-34-28-48(29-35-54)80-81-68-41-36-56(85-72-25-10-4-19-60(72)62-38-31-50(44-74(62)85)52-33-40-66-64-21-6-12-27-76(64)87-78(66)46-52)47-67(68)79(82-80)53-14-13-15-55(42-53)84-71-24-9-3-18-59(71)61-37-30-49(43-73(61)84)51-32-39-65-63-20-5-11-26-75(63)86-77(65)45-51/h1-47H. The Balaban J connectivity index is 0.794. The fraction of sp³-hybridized carbons (Fsp3) is 0. The van der Waals surface area contributed by atoms with Crippen LogP contribution in [0.15, 0.2) is 285 Å². The van der Waals surface area contributed by atoms with E-state index < -0.39 is 0 Å². The van der Waals surface area contributed by atoms with Crippen molar-refractivity contribution in [2.24, 2.45) is 0 Å². The summed E-state index contributed by atoms with van der Waals surface area (Å²) < 4.78 is 12.4. The van der Waals surface area contributed by atoms with E-state index in [0.29, 0.717) is 5.82 Å². The molecule has 0 fully saturated rings. The predicted molar refractivity (Wildman–Crippen MR) is 370 cm³/mol. The van der Waals surface area contributed by atoms with Crippen molar-refractivity contribution in [3.63, 3.8) is 0 Å². The molecule has 0 aliphatic rings. The average molecular weight is 1140 g/mol. The van der Waals surface area contributed by atoms with Crippen LogP contribution in [0.1, 0.15) is 0 Å². The first-order chi connectivity index (χ1) is 43.1. The van der Waals surface area contributed by atoms with Gasteiger partial charge in [0.2, 0.25) is 0 Å². The maximum atomic E-state index is 5.68. The molecule has 0 bridgehead atoms. The molecule has 0 aliphatic heterocycles. The van der Waals surface area contributed by atoms with Crippen LogP contribution in [0.3, 0.4) is 0 Å². The van der Waals surface area contributed by atoms with Crippen LogP contribution in [0.5, 0.6) is 0 Å². The largest absolute Gasteiger partial charge is 0.309 e. The highest BCUT2D eigenvalue weighted by Crippen LogP contribution is 2.43. The van der Waals surface area contributed by atoms with Gasteiger partial charge in [0.25, 0.3) is 0 Å². The van der Waals surface area contributed by atoms with Crippen molar-refractivity contribution in [2.75, 3.05) is 0 Å². The maximum absolute atomic E-state index is 5.68. The second-order valence-electron chi connectivity index (χ2n) is 22.9. The van der Waals surface area contributed by atoms with Crippen LogP contribution < -0.4 is 0 Å². The van der Waals surface area contributed by atoms with Crippen LogP contribution in [0.2, 0.25) is 0 Å². The van der Waals surface area contributed by atoms with E-state index in [1.54, 1.807) is 0 Å². The Labute approximate surface area is 506 Å². The van der Waals surface area contributed by atoms with Gasteiger partial charge in [-0.15, -0.1) is 22.7 Å². The van der Waals surface area contributed by atoms with Crippen LogP contribution in [0.4, 0.5) is 0 Å². The number of aromatic nitrogens is 5. The van der Waals surface area contributed by atoms with Crippen molar-refractivity contribution < 1.29 is 0 Å². The minimum Gasteiger partial charge on any atom is -0.309 e. The number of fused-ring (bicyclic) bond motifs is 16. The molecule has 87 heavy (non-hydrogen) atoms. The minimum absolute atomic E-state index is 0.665. The van der Waals surface area contributed by atoms with Gasteiger partial charge in [0.15, 0.2) is 5.82 Å². The van der Waals surface area contributed by atoms with Gasteiger partial charge >= 0.3 is 0 Å². The third-order valence-corrected chi connectivity index (χ3v) is 20.3. The summed E-state index contributed by atoms with van der Waals surface area (Å²) in [5.74, 6) is 0.665. The van der Waals surface area contributed by atoms with Crippen LogP contribution >= 0.6 is 22.7 Å². The third kappa shape index (κ3) is 7.44. The Morgan fingerprint density at radius 3 is 1.13 bits per heavy atom. The van der Waals surface area contributed by atoms with E-state index in [-0.39, 0.29) is 0 Å². The number of nitrogens with zero attached hydrogens (tertiary/aromatic N) is 5. The molecule has 0 N–H and O–H groups in total. The first-order valence-corrected chi connectivity index (χ1v) is 31.2. The molecule has 19 rings (SSSR count). The van der Waals surface area contributed by atoms with Crippen molar-refractivity contribution in [1.82, 2.24) is 23.7 Å². The van der Waals surface area contributed by atoms with Crippen molar-refractivity contribution in [3.05, 3.63) is 285 Å². The molecule has 0 amide bonds. The molecule has 0 unspecified atom stereocenters. The number of benzene rings is 13. The molecule has 404 valence electrons. The van der Waals surface area contributed by atoms with Crippen LogP contribution in [-0.2, 0) is 0 Å². The van der Waals surface area contributed by atoms with Crippen LogP contribution in [-0.4, -0.2) is 23.7 Å². The van der Waals surface area contributed by atoms with E-state index in [4.69, 9.17) is 9.97 Å². The molecular weight excluding hydrogens is 1100 g/mol. The molecule has 7 heteroatoms. The van der Waals surface area contributed by atoms with Crippen molar-refractivity contribution in [3.8, 4) is 62.0 Å². The summed E-state index contributed by atoms with van der Waals surface area (Å²) in [6, 6.07) is 105. The SMILES string of the molecule is c1cc(-c2nc(-c3ccc(-n4c5ccccc5c5ccccc54)cc3)nc3ccc(-n4c5ccccc5c5ccc(-c6ccc7c(c6)sc6ccccc67)cc54)cc23)cc(-n2c3ccccc3c3ccc(-c4ccc5c(c4)sc4ccccc45)cc32)c1. The zero-order valence-electron chi connectivity index (χ0n) is 46.7. The number of thiophene rings is 2. The van der Waals surface area contributed by atoms with Gasteiger partial charge in [-0.2, -0.15) is 0 Å². The lowest BCUT2D eigenvalue weighted by atomic mass is 10.0. The van der Waals surface area contributed by atoms with Gasteiger partial charge in [0.05, 0.1) is 44.3 Å². The fourth-order valence-corrected chi connectivity index (χ4v) is 16.3. The number of para-hydroxylation sites is 4. The van der Waals surface area contributed by atoms with E-state index in [1.165, 1.54) is 106 Å². The third-order valence-electron chi connectivity index (χ3n) is 18.1. The molecule has 5 nitrogen and oxygen atoms in total. The highest BCUT2D eigenvalue weighted by Gasteiger charge is 2.21. The minimum atomic E-state index is 0.665. The molecule has 0 aliphatic carbocycles. The number of hydrogen-bond donors (Lipinski definition) is 0. The van der Waals surface area contributed by atoms with E-state index in [0.717, 1.165) is 66.9 Å². The second-order valence-corrected chi connectivity index (χ2v) is 25.0. The summed E-state index contributed by atoms with van der Waals surface area (Å²) in [6.45, 7) is 0. The molecule has 6 heterocycles. The highest BCUT2D eigenvalue weighted by molar-refractivity contribution is 7.26. The Kier molecular flexibility index (Phi) is 10.4. The molecule has 0 saturated carbocycles. The van der Waals surface area contributed by atoms with Gasteiger partial charge in [0, 0.05) is 106 Å². The zero-order valence-corrected chi connectivity index (χ0v) is 48.3. The van der Waals surface area contributed by atoms with E-state index in [2.05, 4.69) is 299 Å². The highest BCUT2D eigenvalue weighted by atomic mass is 32.1. The molecule has 0 spiro atoms. The first kappa shape index (κ1) is 48.4. The molecule has 0 saturated heterocycles. The first-order valence-electron chi connectivity index (χ1n) is 29.5. The summed E-state index contributed by atoms with van der Waals surface area (Å²) >= 11 is 3.72. The van der Waals surface area contributed by atoms with E-state index in [9.17, 15) is 0 Å². The smallest absolute Gasteiger partial charge is 0.160 e. The number of hydrogen-bond acceptors (Lipinski definition) is 4. The Morgan fingerprint density at radius 1 is 0.218 bits per heavy atom.